The normalized spacial score (nSPS) is 10.4. The van der Waals surface area contributed by atoms with Crippen LogP contribution in [0.1, 0.15) is 24.8 Å². The highest BCUT2D eigenvalue weighted by atomic mass is 16.5. The lowest BCUT2D eigenvalue weighted by Gasteiger charge is -2.16. The van der Waals surface area contributed by atoms with Gasteiger partial charge >= 0.3 is 0 Å². The Morgan fingerprint density at radius 1 is 1.33 bits per heavy atom. The third-order valence-electron chi connectivity index (χ3n) is 3.15. The molecule has 21 heavy (non-hydrogen) atoms. The van der Waals surface area contributed by atoms with Gasteiger partial charge in [0.15, 0.2) is 0 Å². The minimum atomic E-state index is -0.0528. The zero-order valence-electron chi connectivity index (χ0n) is 12.8. The molecule has 1 aromatic carbocycles. The fourth-order valence-corrected chi connectivity index (χ4v) is 2.00. The zero-order valence-corrected chi connectivity index (χ0v) is 12.8. The molecule has 5 nitrogen and oxygen atoms in total. The summed E-state index contributed by atoms with van der Waals surface area (Å²) in [5, 5.41) is 11.8. The van der Waals surface area contributed by atoms with Gasteiger partial charge in [-0.3, -0.25) is 4.79 Å². The SMILES string of the molecule is COCCCN(C)CCCC(=O)Nc1ccccc1C#N. The fourth-order valence-electron chi connectivity index (χ4n) is 2.00. The highest BCUT2D eigenvalue weighted by Crippen LogP contribution is 2.13. The smallest absolute Gasteiger partial charge is 0.224 e. The van der Waals surface area contributed by atoms with Crippen molar-refractivity contribution in [1.82, 2.24) is 4.90 Å². The molecule has 0 atom stereocenters. The summed E-state index contributed by atoms with van der Waals surface area (Å²) in [5.41, 5.74) is 1.07. The summed E-state index contributed by atoms with van der Waals surface area (Å²) < 4.78 is 5.01. The predicted octanol–water partition coefficient (Wildman–Crippen LogP) is 2.25. The van der Waals surface area contributed by atoms with E-state index in [2.05, 4.69) is 16.3 Å². The van der Waals surface area contributed by atoms with Crippen LogP contribution in [0.5, 0.6) is 0 Å². The van der Waals surface area contributed by atoms with Crippen molar-refractivity contribution in [3.8, 4) is 6.07 Å². The van der Waals surface area contributed by atoms with Gasteiger partial charge in [0.25, 0.3) is 0 Å². The number of anilines is 1. The molecule has 1 aromatic rings. The number of para-hydroxylation sites is 1. The summed E-state index contributed by atoms with van der Waals surface area (Å²) in [5.74, 6) is -0.0528. The minimum absolute atomic E-state index is 0.0528. The van der Waals surface area contributed by atoms with E-state index < -0.39 is 0 Å². The molecule has 114 valence electrons. The molecule has 1 N–H and O–H groups in total. The molecule has 0 saturated carbocycles. The summed E-state index contributed by atoms with van der Waals surface area (Å²) in [7, 11) is 3.74. The zero-order chi connectivity index (χ0) is 15.5. The first-order chi connectivity index (χ1) is 10.2. The number of benzene rings is 1. The number of nitrogens with zero attached hydrogens (tertiary/aromatic N) is 2. The van der Waals surface area contributed by atoms with Crippen molar-refractivity contribution in [3.05, 3.63) is 29.8 Å². The van der Waals surface area contributed by atoms with Crippen LogP contribution in [0.2, 0.25) is 0 Å². The third kappa shape index (κ3) is 6.89. The lowest BCUT2D eigenvalue weighted by atomic mass is 10.2. The van der Waals surface area contributed by atoms with Crippen LogP contribution in [0, 0.1) is 11.3 Å². The van der Waals surface area contributed by atoms with Gasteiger partial charge in [0.1, 0.15) is 6.07 Å². The third-order valence-corrected chi connectivity index (χ3v) is 3.15. The van der Waals surface area contributed by atoms with Gasteiger partial charge in [-0.05, 0) is 38.6 Å². The molecule has 0 aromatic heterocycles. The fraction of sp³-hybridized carbons (Fsp3) is 0.500. The molecular formula is C16H23N3O2. The van der Waals surface area contributed by atoms with Crippen molar-refractivity contribution in [3.63, 3.8) is 0 Å². The Morgan fingerprint density at radius 3 is 2.76 bits per heavy atom. The van der Waals surface area contributed by atoms with Crippen LogP contribution < -0.4 is 5.32 Å². The molecule has 0 aliphatic carbocycles. The summed E-state index contributed by atoms with van der Waals surface area (Å²) in [6.45, 7) is 2.60. The highest BCUT2D eigenvalue weighted by Gasteiger charge is 2.06. The first-order valence-corrected chi connectivity index (χ1v) is 7.14. The van der Waals surface area contributed by atoms with Crippen molar-refractivity contribution in [2.45, 2.75) is 19.3 Å². The number of carbonyl (C=O) groups is 1. The number of nitrogens with one attached hydrogen (secondary N) is 1. The Kier molecular flexibility index (Phi) is 8.10. The summed E-state index contributed by atoms with van der Waals surface area (Å²) in [4.78, 5) is 14.1. The number of rotatable bonds is 9. The van der Waals surface area contributed by atoms with E-state index in [1.54, 1.807) is 31.4 Å². The number of carbonyl (C=O) groups excluding carboxylic acids is 1. The number of ether oxygens (including phenoxy) is 1. The predicted molar refractivity (Wildman–Crippen MR) is 83.0 cm³/mol. The van der Waals surface area contributed by atoms with E-state index >= 15 is 0 Å². The number of nitriles is 1. The van der Waals surface area contributed by atoms with Gasteiger partial charge in [0, 0.05) is 26.7 Å². The average Bonchev–Trinajstić information content (AvgIpc) is 2.48. The Hall–Kier alpha value is -1.90. The van der Waals surface area contributed by atoms with Crippen LogP contribution in [-0.2, 0) is 9.53 Å². The van der Waals surface area contributed by atoms with E-state index in [4.69, 9.17) is 10.00 Å². The van der Waals surface area contributed by atoms with Gasteiger partial charge in [-0.25, -0.2) is 0 Å². The van der Waals surface area contributed by atoms with Gasteiger partial charge in [0.2, 0.25) is 5.91 Å². The van der Waals surface area contributed by atoms with E-state index in [1.807, 2.05) is 7.05 Å². The van der Waals surface area contributed by atoms with Gasteiger partial charge < -0.3 is 15.0 Å². The van der Waals surface area contributed by atoms with Gasteiger partial charge in [0.05, 0.1) is 11.3 Å². The molecule has 0 unspecified atom stereocenters. The molecule has 0 spiro atoms. The largest absolute Gasteiger partial charge is 0.385 e. The Morgan fingerprint density at radius 2 is 2.05 bits per heavy atom. The van der Waals surface area contributed by atoms with Crippen molar-refractivity contribution >= 4 is 11.6 Å². The molecule has 0 aliphatic heterocycles. The molecular weight excluding hydrogens is 266 g/mol. The van der Waals surface area contributed by atoms with E-state index in [-0.39, 0.29) is 5.91 Å². The van der Waals surface area contributed by atoms with E-state index in [0.29, 0.717) is 17.7 Å². The van der Waals surface area contributed by atoms with E-state index in [0.717, 1.165) is 32.5 Å². The first-order valence-electron chi connectivity index (χ1n) is 7.14. The molecule has 0 bridgehead atoms. The number of hydrogen-bond acceptors (Lipinski definition) is 4. The van der Waals surface area contributed by atoms with Crippen LogP contribution in [0.25, 0.3) is 0 Å². The average molecular weight is 289 g/mol. The number of methoxy groups -OCH3 is 1. The topological polar surface area (TPSA) is 65.4 Å². The standard InChI is InChI=1S/C16H23N3O2/c1-19(11-6-12-21-2)10-5-9-16(20)18-15-8-4-3-7-14(15)13-17/h3-4,7-8H,5-6,9-12H2,1-2H3,(H,18,20). The second kappa shape index (κ2) is 9.92. The molecule has 0 saturated heterocycles. The monoisotopic (exact) mass is 289 g/mol. The molecule has 1 rings (SSSR count). The van der Waals surface area contributed by atoms with Crippen molar-refractivity contribution in [2.75, 3.05) is 39.2 Å². The Balaban J connectivity index is 2.27. The molecule has 0 aliphatic rings. The first kappa shape index (κ1) is 17.2. The maximum absolute atomic E-state index is 11.9. The van der Waals surface area contributed by atoms with Crippen LogP contribution in [0.4, 0.5) is 5.69 Å². The van der Waals surface area contributed by atoms with Crippen molar-refractivity contribution in [2.24, 2.45) is 0 Å². The summed E-state index contributed by atoms with van der Waals surface area (Å²) >= 11 is 0. The van der Waals surface area contributed by atoms with Gasteiger partial charge in [-0.2, -0.15) is 5.26 Å². The Labute approximate surface area is 126 Å². The van der Waals surface area contributed by atoms with Crippen LogP contribution in [-0.4, -0.2) is 44.7 Å². The van der Waals surface area contributed by atoms with E-state index in [1.165, 1.54) is 0 Å². The summed E-state index contributed by atoms with van der Waals surface area (Å²) in [6, 6.07) is 9.09. The lowest BCUT2D eigenvalue weighted by Crippen LogP contribution is -2.23. The van der Waals surface area contributed by atoms with Crippen LogP contribution in [0.15, 0.2) is 24.3 Å². The maximum Gasteiger partial charge on any atom is 0.224 e. The van der Waals surface area contributed by atoms with Gasteiger partial charge in [-0.15, -0.1) is 0 Å². The second-order valence-corrected chi connectivity index (χ2v) is 4.96. The van der Waals surface area contributed by atoms with Crippen molar-refractivity contribution in [1.29, 1.82) is 5.26 Å². The molecule has 0 heterocycles. The van der Waals surface area contributed by atoms with Crippen LogP contribution >= 0.6 is 0 Å². The minimum Gasteiger partial charge on any atom is -0.385 e. The molecule has 0 radical (unpaired) electrons. The summed E-state index contributed by atoms with van der Waals surface area (Å²) in [6.07, 6.45) is 2.24. The maximum atomic E-state index is 11.9. The lowest BCUT2D eigenvalue weighted by molar-refractivity contribution is -0.116. The van der Waals surface area contributed by atoms with E-state index in [9.17, 15) is 4.79 Å². The highest BCUT2D eigenvalue weighted by molar-refractivity contribution is 5.92. The van der Waals surface area contributed by atoms with Gasteiger partial charge in [-0.1, -0.05) is 12.1 Å². The molecule has 5 heteroatoms. The quantitative estimate of drug-likeness (QED) is 0.708. The number of hydrogen-bond donors (Lipinski definition) is 1. The Bertz CT molecular complexity index is 483. The number of amides is 1. The van der Waals surface area contributed by atoms with Crippen LogP contribution in [0.3, 0.4) is 0 Å². The second-order valence-electron chi connectivity index (χ2n) is 4.96. The van der Waals surface area contributed by atoms with Crippen molar-refractivity contribution < 1.29 is 9.53 Å². The molecule has 1 amide bonds. The molecule has 0 fully saturated rings.